The number of nitrogens with zero attached hydrogens (tertiary/aromatic N) is 1. The Balaban J connectivity index is 2.37. The van der Waals surface area contributed by atoms with E-state index in [1.165, 1.54) is 18.2 Å². The van der Waals surface area contributed by atoms with E-state index in [2.05, 4.69) is 5.32 Å². The highest BCUT2D eigenvalue weighted by Gasteiger charge is 2.39. The molecule has 3 amide bonds. The van der Waals surface area contributed by atoms with E-state index in [1.54, 1.807) is 6.92 Å². The van der Waals surface area contributed by atoms with Crippen LogP contribution >= 0.6 is 0 Å². The summed E-state index contributed by atoms with van der Waals surface area (Å²) in [4.78, 5) is 25.1. The number of aliphatic hydroxyl groups is 1. The summed E-state index contributed by atoms with van der Waals surface area (Å²) in [7, 11) is 0. The fourth-order valence-corrected chi connectivity index (χ4v) is 3.21. The van der Waals surface area contributed by atoms with Gasteiger partial charge in [0.2, 0.25) is 5.91 Å². The zero-order valence-corrected chi connectivity index (χ0v) is 13.5. The zero-order valence-electron chi connectivity index (χ0n) is 13.5. The summed E-state index contributed by atoms with van der Waals surface area (Å²) < 4.78 is 13.3. The van der Waals surface area contributed by atoms with Gasteiger partial charge in [0.1, 0.15) is 18.0 Å². The molecule has 7 nitrogen and oxygen atoms in total. The van der Waals surface area contributed by atoms with Gasteiger partial charge in [-0.2, -0.15) is 0 Å². The van der Waals surface area contributed by atoms with Crippen molar-refractivity contribution in [2.24, 2.45) is 11.5 Å². The molecule has 1 aromatic carbocycles. The lowest BCUT2D eigenvalue weighted by atomic mass is 9.93. The predicted molar refractivity (Wildman–Crippen MR) is 86.4 cm³/mol. The van der Waals surface area contributed by atoms with Crippen molar-refractivity contribution in [1.29, 1.82) is 0 Å². The number of aryl methyl sites for hydroxylation is 1. The van der Waals surface area contributed by atoms with Crippen LogP contribution in [0.15, 0.2) is 18.2 Å². The monoisotopic (exact) mass is 338 g/mol. The third kappa shape index (κ3) is 3.82. The van der Waals surface area contributed by atoms with Crippen molar-refractivity contribution in [3.05, 3.63) is 35.1 Å². The van der Waals surface area contributed by atoms with E-state index >= 15 is 0 Å². The highest BCUT2D eigenvalue weighted by molar-refractivity contribution is 5.86. The molecule has 8 heteroatoms. The summed E-state index contributed by atoms with van der Waals surface area (Å²) >= 11 is 0. The van der Waals surface area contributed by atoms with E-state index in [9.17, 15) is 19.1 Å². The van der Waals surface area contributed by atoms with Gasteiger partial charge in [-0.1, -0.05) is 6.07 Å². The third-order valence-electron chi connectivity index (χ3n) is 4.40. The molecular formula is C16H23FN4O3. The topological polar surface area (TPSA) is 122 Å². The van der Waals surface area contributed by atoms with E-state index in [4.69, 9.17) is 11.5 Å². The van der Waals surface area contributed by atoms with Crippen LogP contribution in [0.1, 0.15) is 30.1 Å². The molecule has 0 radical (unpaired) electrons. The molecule has 0 aromatic heterocycles. The Labute approximate surface area is 139 Å². The normalized spacial score (nSPS) is 18.0. The number of carbonyl (C=O) groups excluding carboxylic acids is 2. The minimum absolute atomic E-state index is 0.295. The van der Waals surface area contributed by atoms with Crippen molar-refractivity contribution in [2.75, 3.05) is 13.1 Å². The van der Waals surface area contributed by atoms with Crippen LogP contribution in [0.5, 0.6) is 0 Å². The van der Waals surface area contributed by atoms with Gasteiger partial charge in [0, 0.05) is 6.04 Å². The average Bonchev–Trinajstić information content (AvgIpc) is 2.52. The molecule has 0 aliphatic carbocycles. The smallest absolute Gasteiger partial charge is 0.315 e. The lowest BCUT2D eigenvalue weighted by Gasteiger charge is -2.39. The van der Waals surface area contributed by atoms with Gasteiger partial charge in [0.25, 0.3) is 0 Å². The number of amides is 3. The Morgan fingerprint density at radius 2 is 1.96 bits per heavy atom. The van der Waals surface area contributed by atoms with Crippen molar-refractivity contribution in [2.45, 2.75) is 38.0 Å². The number of nitrogens with two attached hydrogens (primary N) is 2. The summed E-state index contributed by atoms with van der Waals surface area (Å²) in [5.74, 6) is -1.31. The number of rotatable bonds is 5. The quantitative estimate of drug-likeness (QED) is 0.610. The molecule has 24 heavy (non-hydrogen) atoms. The molecule has 1 aromatic rings. The van der Waals surface area contributed by atoms with Crippen molar-refractivity contribution >= 4 is 11.9 Å². The molecule has 2 atom stereocenters. The Morgan fingerprint density at radius 3 is 2.46 bits per heavy atom. The third-order valence-corrected chi connectivity index (χ3v) is 4.40. The highest BCUT2D eigenvalue weighted by atomic mass is 19.1. The first-order valence-corrected chi connectivity index (χ1v) is 7.85. The van der Waals surface area contributed by atoms with Gasteiger partial charge in [0.05, 0.1) is 0 Å². The minimum atomic E-state index is -1.38. The molecule has 2 unspecified atom stereocenters. The van der Waals surface area contributed by atoms with E-state index < -0.39 is 29.9 Å². The second-order valence-electron chi connectivity index (χ2n) is 6.02. The molecule has 1 saturated heterocycles. The summed E-state index contributed by atoms with van der Waals surface area (Å²) in [6.45, 7) is 2.95. The predicted octanol–water partition coefficient (Wildman–Crippen LogP) is 0.154. The Hall–Kier alpha value is -2.19. The number of primary amides is 2. The van der Waals surface area contributed by atoms with Crippen LogP contribution in [-0.2, 0) is 4.79 Å². The summed E-state index contributed by atoms with van der Waals surface area (Å²) in [6, 6.07) is 1.39. The van der Waals surface area contributed by atoms with Crippen molar-refractivity contribution in [3.63, 3.8) is 0 Å². The lowest BCUT2D eigenvalue weighted by Crippen LogP contribution is -2.59. The molecule has 2 rings (SSSR count). The van der Waals surface area contributed by atoms with Gasteiger partial charge in [-0.05, 0) is 56.1 Å². The summed E-state index contributed by atoms with van der Waals surface area (Å²) in [5, 5.41) is 13.8. The molecule has 1 aliphatic heterocycles. The molecule has 0 spiro atoms. The first-order valence-electron chi connectivity index (χ1n) is 7.85. The number of benzene rings is 1. The lowest BCUT2D eigenvalue weighted by molar-refractivity contribution is -0.127. The standard InChI is InChI=1S/C16H23FN4O3/c1-9-8-10(17)2-3-12(9)14(22)13(15(18)23)21(16(19)24)11-4-6-20-7-5-11/h2-3,8,11,13-14,20,22H,4-7H2,1H3,(H2,18,23)(H2,19,24). The molecule has 0 saturated carbocycles. The number of piperidine rings is 1. The van der Waals surface area contributed by atoms with E-state index in [0.29, 0.717) is 37.1 Å². The van der Waals surface area contributed by atoms with E-state index in [0.717, 1.165) is 4.90 Å². The number of hydrogen-bond acceptors (Lipinski definition) is 4. The summed E-state index contributed by atoms with van der Waals surface area (Å²) in [5.41, 5.74) is 11.7. The van der Waals surface area contributed by atoms with Gasteiger partial charge in [-0.3, -0.25) is 4.79 Å². The zero-order chi connectivity index (χ0) is 17.9. The van der Waals surface area contributed by atoms with Gasteiger partial charge in [0.15, 0.2) is 0 Å². The molecule has 132 valence electrons. The maximum absolute atomic E-state index is 13.3. The van der Waals surface area contributed by atoms with Crippen LogP contribution in [0.4, 0.5) is 9.18 Å². The van der Waals surface area contributed by atoms with Crippen LogP contribution in [0.25, 0.3) is 0 Å². The maximum Gasteiger partial charge on any atom is 0.315 e. The Morgan fingerprint density at radius 1 is 1.33 bits per heavy atom. The number of nitrogens with one attached hydrogen (secondary N) is 1. The van der Waals surface area contributed by atoms with Crippen molar-refractivity contribution in [3.8, 4) is 0 Å². The SMILES string of the molecule is Cc1cc(F)ccc1C(O)C(C(N)=O)N(C(N)=O)C1CCNCC1. The van der Waals surface area contributed by atoms with Crippen LogP contribution in [0.2, 0.25) is 0 Å². The number of urea groups is 1. The van der Waals surface area contributed by atoms with Crippen LogP contribution in [-0.4, -0.2) is 47.1 Å². The van der Waals surface area contributed by atoms with E-state index in [1.807, 2.05) is 0 Å². The first kappa shape index (κ1) is 18.2. The second-order valence-corrected chi connectivity index (χ2v) is 6.02. The van der Waals surface area contributed by atoms with Gasteiger partial charge in [-0.15, -0.1) is 0 Å². The first-order chi connectivity index (χ1) is 11.3. The van der Waals surface area contributed by atoms with Crippen molar-refractivity contribution < 1.29 is 19.1 Å². The van der Waals surface area contributed by atoms with Gasteiger partial charge in [-0.25, -0.2) is 9.18 Å². The average molecular weight is 338 g/mol. The maximum atomic E-state index is 13.3. The minimum Gasteiger partial charge on any atom is -0.386 e. The molecule has 1 heterocycles. The molecular weight excluding hydrogens is 315 g/mol. The van der Waals surface area contributed by atoms with Crippen LogP contribution in [0.3, 0.4) is 0 Å². The van der Waals surface area contributed by atoms with Crippen LogP contribution in [0, 0.1) is 12.7 Å². The number of halogens is 1. The fraction of sp³-hybridized carbons (Fsp3) is 0.500. The summed E-state index contributed by atoms with van der Waals surface area (Å²) in [6.07, 6.45) is -0.186. The Bertz CT molecular complexity index is 619. The Kier molecular flexibility index (Phi) is 5.74. The van der Waals surface area contributed by atoms with Gasteiger partial charge < -0.3 is 26.8 Å². The van der Waals surface area contributed by atoms with E-state index in [-0.39, 0.29) is 6.04 Å². The fourth-order valence-electron chi connectivity index (χ4n) is 3.21. The van der Waals surface area contributed by atoms with Crippen molar-refractivity contribution in [1.82, 2.24) is 10.2 Å². The highest BCUT2D eigenvalue weighted by Crippen LogP contribution is 2.27. The number of aliphatic hydroxyl groups excluding tert-OH is 1. The van der Waals surface area contributed by atoms with Gasteiger partial charge >= 0.3 is 6.03 Å². The number of carbonyl (C=O) groups is 2. The number of hydrogen-bond donors (Lipinski definition) is 4. The molecule has 6 N–H and O–H groups in total. The molecule has 1 fully saturated rings. The molecule has 0 bridgehead atoms. The molecule has 1 aliphatic rings. The second kappa shape index (κ2) is 7.59. The largest absolute Gasteiger partial charge is 0.386 e. The van der Waals surface area contributed by atoms with Crippen LogP contribution < -0.4 is 16.8 Å².